The number of rotatable bonds is 2. The molecule has 0 amide bonds. The number of hydrogen-bond donors (Lipinski definition) is 1. The first-order valence-corrected chi connectivity index (χ1v) is 5.69. The number of anilines is 1. The molecule has 84 valence electrons. The first-order chi connectivity index (χ1) is 7.77. The van der Waals surface area contributed by atoms with Crippen LogP contribution in [0.2, 0.25) is 0 Å². The van der Waals surface area contributed by atoms with Gasteiger partial charge >= 0.3 is 0 Å². The molecule has 1 N–H and O–H groups in total. The molecule has 0 radical (unpaired) electrons. The third kappa shape index (κ3) is 2.48. The summed E-state index contributed by atoms with van der Waals surface area (Å²) in [4.78, 5) is 11.8. The maximum absolute atomic E-state index is 11.8. The predicted molar refractivity (Wildman–Crippen MR) is 65.5 cm³/mol. The standard InChI is InChI=1S/C13H16N2O/c1-10-6-5-9-12(13(10)16)15-14-11-7-3-2-4-8-11/h2-4,7-8,10,14H,5-6,9H2,1H3/t10-/m1/s1. The molecule has 0 spiro atoms. The average Bonchev–Trinajstić information content (AvgIpc) is 2.32. The fourth-order valence-electron chi connectivity index (χ4n) is 1.87. The molecule has 1 fully saturated rings. The van der Waals surface area contributed by atoms with Crippen LogP contribution in [-0.2, 0) is 4.79 Å². The molecule has 1 aliphatic rings. The summed E-state index contributed by atoms with van der Waals surface area (Å²) in [6.07, 6.45) is 2.84. The van der Waals surface area contributed by atoms with Crippen molar-refractivity contribution in [2.45, 2.75) is 26.2 Å². The minimum Gasteiger partial charge on any atom is -0.292 e. The molecule has 0 heterocycles. The maximum atomic E-state index is 11.8. The lowest BCUT2D eigenvalue weighted by Gasteiger charge is -2.17. The van der Waals surface area contributed by atoms with E-state index in [1.807, 2.05) is 37.3 Å². The van der Waals surface area contributed by atoms with Gasteiger partial charge in [0.2, 0.25) is 0 Å². The van der Waals surface area contributed by atoms with E-state index in [2.05, 4.69) is 10.5 Å². The van der Waals surface area contributed by atoms with Crippen LogP contribution in [0.1, 0.15) is 26.2 Å². The van der Waals surface area contributed by atoms with Crippen LogP contribution in [0.4, 0.5) is 5.69 Å². The van der Waals surface area contributed by atoms with Crippen LogP contribution in [0.5, 0.6) is 0 Å². The number of hydrogen-bond acceptors (Lipinski definition) is 3. The molecule has 0 aromatic heterocycles. The van der Waals surface area contributed by atoms with Crippen LogP contribution in [0.25, 0.3) is 0 Å². The van der Waals surface area contributed by atoms with E-state index in [0.29, 0.717) is 5.71 Å². The van der Waals surface area contributed by atoms with Crippen LogP contribution in [0, 0.1) is 5.92 Å². The number of para-hydroxylation sites is 1. The second kappa shape index (κ2) is 4.92. The normalized spacial score (nSPS) is 23.4. The molecule has 0 bridgehead atoms. The van der Waals surface area contributed by atoms with Gasteiger partial charge in [0.15, 0.2) is 5.78 Å². The van der Waals surface area contributed by atoms with Gasteiger partial charge in [-0.15, -0.1) is 0 Å². The van der Waals surface area contributed by atoms with Crippen molar-refractivity contribution in [3.05, 3.63) is 30.3 Å². The highest BCUT2D eigenvalue weighted by atomic mass is 16.1. The largest absolute Gasteiger partial charge is 0.292 e. The van der Waals surface area contributed by atoms with E-state index in [4.69, 9.17) is 0 Å². The van der Waals surface area contributed by atoms with E-state index in [1.165, 1.54) is 0 Å². The Morgan fingerprint density at radius 1 is 1.31 bits per heavy atom. The van der Waals surface area contributed by atoms with Gasteiger partial charge in [-0.25, -0.2) is 0 Å². The Labute approximate surface area is 95.6 Å². The summed E-state index contributed by atoms with van der Waals surface area (Å²) >= 11 is 0. The van der Waals surface area contributed by atoms with Crippen LogP contribution in [0.3, 0.4) is 0 Å². The molecule has 3 heteroatoms. The highest BCUT2D eigenvalue weighted by Crippen LogP contribution is 2.18. The molecular formula is C13H16N2O. The van der Waals surface area contributed by atoms with Gasteiger partial charge in [-0.3, -0.25) is 10.2 Å². The van der Waals surface area contributed by atoms with Gasteiger partial charge in [0, 0.05) is 5.92 Å². The third-order valence-electron chi connectivity index (χ3n) is 2.88. The minimum absolute atomic E-state index is 0.130. The molecule has 1 aliphatic carbocycles. The van der Waals surface area contributed by atoms with Gasteiger partial charge in [-0.2, -0.15) is 5.10 Å². The Hall–Kier alpha value is -1.64. The fraction of sp³-hybridized carbons (Fsp3) is 0.385. The zero-order valence-electron chi connectivity index (χ0n) is 9.44. The molecule has 0 aliphatic heterocycles. The van der Waals surface area contributed by atoms with E-state index in [9.17, 15) is 4.79 Å². The molecule has 1 atom stereocenters. The van der Waals surface area contributed by atoms with Gasteiger partial charge in [0.1, 0.15) is 5.71 Å². The maximum Gasteiger partial charge on any atom is 0.181 e. The molecular weight excluding hydrogens is 200 g/mol. The number of ketones is 1. The summed E-state index contributed by atoms with van der Waals surface area (Å²) in [5, 5.41) is 4.20. The first kappa shape index (κ1) is 10.9. The lowest BCUT2D eigenvalue weighted by molar-refractivity contribution is -0.116. The Morgan fingerprint density at radius 2 is 2.06 bits per heavy atom. The van der Waals surface area contributed by atoms with Gasteiger partial charge in [0.05, 0.1) is 5.69 Å². The lowest BCUT2D eigenvalue weighted by atomic mass is 9.88. The average molecular weight is 216 g/mol. The molecule has 16 heavy (non-hydrogen) atoms. The molecule has 2 rings (SSSR count). The Kier molecular flexibility index (Phi) is 3.34. The molecule has 0 unspecified atom stereocenters. The number of nitrogens with one attached hydrogen (secondary N) is 1. The number of carbonyl (C=O) groups excluding carboxylic acids is 1. The van der Waals surface area contributed by atoms with E-state index in [1.54, 1.807) is 0 Å². The van der Waals surface area contributed by atoms with Gasteiger partial charge in [-0.05, 0) is 31.4 Å². The molecule has 1 saturated carbocycles. The summed E-state index contributed by atoms with van der Waals surface area (Å²) in [5.74, 6) is 0.319. The van der Waals surface area contributed by atoms with Crippen molar-refractivity contribution in [3.63, 3.8) is 0 Å². The van der Waals surface area contributed by atoms with E-state index >= 15 is 0 Å². The Morgan fingerprint density at radius 3 is 2.81 bits per heavy atom. The zero-order chi connectivity index (χ0) is 11.4. The summed E-state index contributed by atoms with van der Waals surface area (Å²) in [6.45, 7) is 1.97. The third-order valence-corrected chi connectivity index (χ3v) is 2.88. The molecule has 1 aromatic rings. The van der Waals surface area contributed by atoms with Crippen molar-refractivity contribution in [3.8, 4) is 0 Å². The van der Waals surface area contributed by atoms with Crippen LogP contribution < -0.4 is 5.43 Å². The van der Waals surface area contributed by atoms with Gasteiger partial charge in [-0.1, -0.05) is 25.1 Å². The first-order valence-electron chi connectivity index (χ1n) is 5.69. The fourth-order valence-corrected chi connectivity index (χ4v) is 1.87. The van der Waals surface area contributed by atoms with Crippen molar-refractivity contribution in [2.75, 3.05) is 5.43 Å². The second-order valence-corrected chi connectivity index (χ2v) is 4.19. The number of benzene rings is 1. The highest BCUT2D eigenvalue weighted by Gasteiger charge is 2.23. The van der Waals surface area contributed by atoms with Crippen LogP contribution in [-0.4, -0.2) is 11.5 Å². The van der Waals surface area contributed by atoms with E-state index in [-0.39, 0.29) is 11.7 Å². The van der Waals surface area contributed by atoms with Crippen molar-refractivity contribution in [2.24, 2.45) is 11.0 Å². The summed E-state index contributed by atoms with van der Waals surface area (Å²) in [6, 6.07) is 9.69. The molecule has 3 nitrogen and oxygen atoms in total. The highest BCUT2D eigenvalue weighted by molar-refractivity contribution is 6.41. The number of nitrogens with zero attached hydrogens (tertiary/aromatic N) is 1. The topological polar surface area (TPSA) is 41.5 Å². The monoisotopic (exact) mass is 216 g/mol. The molecule has 1 aromatic carbocycles. The quantitative estimate of drug-likeness (QED) is 0.772. The number of Topliss-reactive ketones (excluding diaryl/α,β-unsaturated/α-hetero) is 1. The summed E-state index contributed by atoms with van der Waals surface area (Å²) in [5.41, 5.74) is 4.53. The number of carbonyl (C=O) groups is 1. The van der Waals surface area contributed by atoms with Gasteiger partial charge < -0.3 is 0 Å². The predicted octanol–water partition coefficient (Wildman–Crippen LogP) is 2.84. The van der Waals surface area contributed by atoms with Crippen molar-refractivity contribution < 1.29 is 4.79 Å². The second-order valence-electron chi connectivity index (χ2n) is 4.19. The van der Waals surface area contributed by atoms with Crippen molar-refractivity contribution in [1.29, 1.82) is 0 Å². The SMILES string of the molecule is C[C@@H]1CCCC(=NNc2ccccc2)C1=O. The van der Waals surface area contributed by atoms with Gasteiger partial charge in [0.25, 0.3) is 0 Å². The van der Waals surface area contributed by atoms with E-state index in [0.717, 1.165) is 24.9 Å². The van der Waals surface area contributed by atoms with Crippen molar-refractivity contribution in [1.82, 2.24) is 0 Å². The van der Waals surface area contributed by atoms with Crippen LogP contribution >= 0.6 is 0 Å². The molecule has 0 saturated heterocycles. The smallest absolute Gasteiger partial charge is 0.181 e. The van der Waals surface area contributed by atoms with Crippen LogP contribution in [0.15, 0.2) is 35.4 Å². The van der Waals surface area contributed by atoms with Crippen molar-refractivity contribution >= 4 is 17.2 Å². The minimum atomic E-state index is 0.130. The lowest BCUT2D eigenvalue weighted by Crippen LogP contribution is -2.27. The summed E-state index contributed by atoms with van der Waals surface area (Å²) in [7, 11) is 0. The summed E-state index contributed by atoms with van der Waals surface area (Å²) < 4.78 is 0. The van der Waals surface area contributed by atoms with E-state index < -0.39 is 0 Å². The Bertz CT molecular complexity index is 398. The number of hydrazone groups is 1. The Balaban J connectivity index is 2.04. The zero-order valence-corrected chi connectivity index (χ0v) is 9.44.